The van der Waals surface area contributed by atoms with E-state index in [1.807, 2.05) is 0 Å². The monoisotopic (exact) mass is 527 g/mol. The Kier molecular flexibility index (Phi) is 6.38. The van der Waals surface area contributed by atoms with Crippen LogP contribution in [-0.4, -0.2) is 33.2 Å². The van der Waals surface area contributed by atoms with Gasteiger partial charge in [-0.1, -0.05) is 29.8 Å². The van der Waals surface area contributed by atoms with Crippen molar-refractivity contribution in [3.05, 3.63) is 64.6 Å². The van der Waals surface area contributed by atoms with Crippen molar-refractivity contribution in [3.8, 4) is 0 Å². The number of furan rings is 1. The van der Waals surface area contributed by atoms with Gasteiger partial charge in [0, 0.05) is 21.9 Å². The Morgan fingerprint density at radius 2 is 1.91 bits per heavy atom. The lowest BCUT2D eigenvalue weighted by Gasteiger charge is -2.12. The van der Waals surface area contributed by atoms with Crippen LogP contribution in [0.3, 0.4) is 0 Å². The van der Waals surface area contributed by atoms with Gasteiger partial charge in [0.2, 0.25) is 5.09 Å². The number of sulfonamides is 1. The number of aliphatic hydroxyl groups is 1. The van der Waals surface area contributed by atoms with Gasteiger partial charge in [-0.25, -0.2) is 13.4 Å². The second-order valence-corrected chi connectivity index (χ2v) is 11.9. The fourth-order valence-electron chi connectivity index (χ4n) is 3.03. The van der Waals surface area contributed by atoms with Crippen molar-refractivity contribution < 1.29 is 26.4 Å². The maximum Gasteiger partial charge on any atom is 0.295 e. The predicted octanol–water partition coefficient (Wildman–Crippen LogP) is 4.07. The van der Waals surface area contributed by atoms with Gasteiger partial charge in [-0.2, -0.15) is 8.42 Å². The summed E-state index contributed by atoms with van der Waals surface area (Å²) in [7, 11) is -8.27. The smallest absolute Gasteiger partial charge is 0.295 e. The van der Waals surface area contributed by atoms with Crippen molar-refractivity contribution in [1.29, 1.82) is 0 Å². The van der Waals surface area contributed by atoms with Gasteiger partial charge in [0.25, 0.3) is 10.0 Å². The predicted molar refractivity (Wildman–Crippen MR) is 127 cm³/mol. The normalized spacial score (nSPS) is 13.2. The zero-order chi connectivity index (χ0) is 23.8. The van der Waals surface area contributed by atoms with Gasteiger partial charge >= 0.3 is 0 Å². The number of anilines is 2. The summed E-state index contributed by atoms with van der Waals surface area (Å²) in [4.78, 5) is 3.88. The van der Waals surface area contributed by atoms with E-state index in [0.717, 1.165) is 11.3 Å². The van der Waals surface area contributed by atoms with Crippen LogP contribution in [0.2, 0.25) is 5.02 Å². The molecule has 2 aromatic carbocycles. The van der Waals surface area contributed by atoms with E-state index >= 15 is 0 Å². The summed E-state index contributed by atoms with van der Waals surface area (Å²) in [6, 6.07) is 11.9. The standard InChI is InChI=1S/C20H18ClN3O6S3/c1-12(25)22-20-23-15(10-31-20)11-32(26,27)18-7-6-14(21)9-16(18)24-33(28,29)19-8-13-4-2-3-5-17(13)30-19/h2-10,12,24-25H,11H2,1H3,(H,22,23). The molecule has 0 aliphatic rings. The Hall–Kier alpha value is -2.64. The zero-order valence-electron chi connectivity index (χ0n) is 17.0. The summed E-state index contributed by atoms with van der Waals surface area (Å²) in [6.45, 7) is 1.51. The summed E-state index contributed by atoms with van der Waals surface area (Å²) in [5.74, 6) is -0.480. The third kappa shape index (κ3) is 5.31. The first-order chi connectivity index (χ1) is 15.5. The summed E-state index contributed by atoms with van der Waals surface area (Å²) in [6.07, 6.45) is -0.851. The largest absolute Gasteiger partial charge is 0.443 e. The molecular formula is C20H18ClN3O6S3. The van der Waals surface area contributed by atoms with Gasteiger partial charge in [-0.15, -0.1) is 11.3 Å². The number of benzene rings is 2. The average molecular weight is 528 g/mol. The molecule has 4 aromatic rings. The molecule has 1 unspecified atom stereocenters. The van der Waals surface area contributed by atoms with Crippen LogP contribution in [0, 0.1) is 0 Å². The highest BCUT2D eigenvalue weighted by Gasteiger charge is 2.26. The molecule has 0 bridgehead atoms. The summed E-state index contributed by atoms with van der Waals surface area (Å²) in [5, 5.41) is 14.3. The molecule has 0 amide bonds. The van der Waals surface area contributed by atoms with Crippen LogP contribution in [0.25, 0.3) is 11.0 Å². The number of aliphatic hydroxyl groups excluding tert-OH is 1. The van der Waals surface area contributed by atoms with Crippen LogP contribution in [-0.2, 0) is 25.6 Å². The minimum atomic E-state index is -4.25. The Morgan fingerprint density at radius 3 is 2.64 bits per heavy atom. The number of hydrogen-bond acceptors (Lipinski definition) is 9. The Bertz CT molecular complexity index is 1490. The lowest BCUT2D eigenvalue weighted by molar-refractivity contribution is 0.224. The molecule has 1 atom stereocenters. The fraction of sp³-hybridized carbons (Fsp3) is 0.150. The van der Waals surface area contributed by atoms with Crippen LogP contribution in [0.5, 0.6) is 0 Å². The number of fused-ring (bicyclic) bond motifs is 1. The molecule has 174 valence electrons. The van der Waals surface area contributed by atoms with Gasteiger partial charge < -0.3 is 14.8 Å². The van der Waals surface area contributed by atoms with Gasteiger partial charge in [0.15, 0.2) is 15.0 Å². The molecule has 0 spiro atoms. The number of nitrogens with zero attached hydrogens (tertiary/aromatic N) is 1. The first-order valence-corrected chi connectivity index (χ1v) is 13.9. The molecule has 2 aromatic heterocycles. The molecule has 0 saturated heterocycles. The highest BCUT2D eigenvalue weighted by molar-refractivity contribution is 7.93. The zero-order valence-corrected chi connectivity index (χ0v) is 20.2. The Balaban J connectivity index is 1.66. The second-order valence-electron chi connectivity index (χ2n) is 7.07. The van der Waals surface area contributed by atoms with Gasteiger partial charge in [0.1, 0.15) is 11.8 Å². The first kappa shape index (κ1) is 23.5. The molecule has 0 aliphatic heterocycles. The molecule has 33 heavy (non-hydrogen) atoms. The fourth-order valence-corrected chi connectivity index (χ4v) is 6.62. The minimum absolute atomic E-state index is 0.147. The summed E-state index contributed by atoms with van der Waals surface area (Å²) >= 11 is 7.16. The molecule has 0 fully saturated rings. The number of nitrogens with one attached hydrogen (secondary N) is 2. The molecule has 9 nitrogen and oxygen atoms in total. The van der Waals surface area contributed by atoms with E-state index in [-0.39, 0.29) is 26.4 Å². The maximum absolute atomic E-state index is 13.1. The topological polar surface area (TPSA) is 139 Å². The first-order valence-electron chi connectivity index (χ1n) is 9.46. The van der Waals surface area contributed by atoms with Gasteiger partial charge in [-0.3, -0.25) is 4.72 Å². The van der Waals surface area contributed by atoms with E-state index in [4.69, 9.17) is 16.0 Å². The number of rotatable bonds is 8. The highest BCUT2D eigenvalue weighted by atomic mass is 35.5. The van der Waals surface area contributed by atoms with Crippen LogP contribution >= 0.6 is 22.9 Å². The molecule has 0 saturated carbocycles. The van der Waals surface area contributed by atoms with Crippen molar-refractivity contribution >= 4 is 64.6 Å². The third-order valence-corrected chi connectivity index (χ3v) is 8.39. The quantitative estimate of drug-likeness (QED) is 0.291. The highest BCUT2D eigenvalue weighted by Crippen LogP contribution is 2.31. The number of para-hydroxylation sites is 1. The second kappa shape index (κ2) is 8.95. The number of aromatic nitrogens is 1. The summed E-state index contributed by atoms with van der Waals surface area (Å²) in [5.41, 5.74) is 0.409. The lowest BCUT2D eigenvalue weighted by Crippen LogP contribution is -2.16. The van der Waals surface area contributed by atoms with Crippen LogP contribution in [0.1, 0.15) is 12.6 Å². The molecular weight excluding hydrogens is 510 g/mol. The number of hydrogen-bond donors (Lipinski definition) is 3. The Labute approximate surface area is 199 Å². The van der Waals surface area contributed by atoms with Crippen LogP contribution < -0.4 is 10.0 Å². The van der Waals surface area contributed by atoms with E-state index in [1.54, 1.807) is 24.3 Å². The van der Waals surface area contributed by atoms with E-state index < -0.39 is 31.8 Å². The molecule has 3 N–H and O–H groups in total. The van der Waals surface area contributed by atoms with Crippen LogP contribution in [0.15, 0.2) is 68.3 Å². The van der Waals surface area contributed by atoms with Crippen LogP contribution in [0.4, 0.5) is 10.8 Å². The van der Waals surface area contributed by atoms with Crippen molar-refractivity contribution in [2.24, 2.45) is 0 Å². The van der Waals surface area contributed by atoms with E-state index in [0.29, 0.717) is 16.1 Å². The number of halogens is 1. The third-order valence-electron chi connectivity index (χ3n) is 4.41. The van der Waals surface area contributed by atoms with Crippen molar-refractivity contribution in [1.82, 2.24) is 4.98 Å². The Morgan fingerprint density at radius 1 is 1.15 bits per heavy atom. The van der Waals surface area contributed by atoms with Gasteiger partial charge in [-0.05, 0) is 31.2 Å². The SMILES string of the molecule is CC(O)Nc1nc(CS(=O)(=O)c2ccc(Cl)cc2NS(=O)(=O)c2cc3ccccc3o2)cs1. The minimum Gasteiger partial charge on any atom is -0.443 e. The average Bonchev–Trinajstić information content (AvgIpc) is 3.33. The van der Waals surface area contributed by atoms with E-state index in [1.165, 1.54) is 36.6 Å². The molecule has 2 heterocycles. The van der Waals surface area contributed by atoms with Crippen molar-refractivity contribution in [2.45, 2.75) is 28.9 Å². The molecule has 0 aliphatic carbocycles. The van der Waals surface area contributed by atoms with Gasteiger partial charge in [0.05, 0.1) is 22.0 Å². The van der Waals surface area contributed by atoms with E-state index in [2.05, 4.69) is 15.0 Å². The lowest BCUT2D eigenvalue weighted by atomic mass is 10.3. The van der Waals surface area contributed by atoms with E-state index in [9.17, 15) is 21.9 Å². The van der Waals surface area contributed by atoms with Crippen molar-refractivity contribution in [2.75, 3.05) is 10.0 Å². The molecule has 0 radical (unpaired) electrons. The maximum atomic E-state index is 13.1. The molecule has 13 heteroatoms. The number of thiazole rings is 1. The molecule has 4 rings (SSSR count). The van der Waals surface area contributed by atoms with Crippen molar-refractivity contribution in [3.63, 3.8) is 0 Å². The number of sulfone groups is 1. The summed E-state index contributed by atoms with van der Waals surface area (Å²) < 4.78 is 59.8.